The molecule has 1 saturated heterocycles. The number of aliphatic hydroxyl groups excluding tert-OH is 1. The van der Waals surface area contributed by atoms with E-state index in [-0.39, 0.29) is 12.5 Å². The van der Waals surface area contributed by atoms with Crippen LogP contribution in [-0.4, -0.2) is 47.7 Å². The van der Waals surface area contributed by atoms with Gasteiger partial charge in [0.25, 0.3) is 0 Å². The minimum Gasteiger partial charge on any atom is -0.394 e. The Bertz CT molecular complexity index is 211. The van der Waals surface area contributed by atoms with Crippen molar-refractivity contribution in [2.45, 2.75) is 38.6 Å². The van der Waals surface area contributed by atoms with Gasteiger partial charge in [-0.25, -0.2) is 0 Å². The van der Waals surface area contributed by atoms with Crippen LogP contribution in [0.3, 0.4) is 0 Å². The molecular weight excluding hydrogens is 192 g/mol. The number of amides is 1. The van der Waals surface area contributed by atoms with Gasteiger partial charge >= 0.3 is 0 Å². The Morgan fingerprint density at radius 3 is 2.53 bits per heavy atom. The molecule has 1 amide bonds. The second kappa shape index (κ2) is 5.47. The number of likely N-dealkylation sites (tertiary alicyclic amines) is 1. The first kappa shape index (κ1) is 12.5. The molecule has 1 aliphatic heterocycles. The van der Waals surface area contributed by atoms with Crippen LogP contribution in [0.15, 0.2) is 0 Å². The van der Waals surface area contributed by atoms with Crippen LogP contribution < -0.4 is 5.32 Å². The van der Waals surface area contributed by atoms with E-state index in [0.717, 1.165) is 19.6 Å². The van der Waals surface area contributed by atoms with E-state index in [4.69, 9.17) is 5.11 Å². The quantitative estimate of drug-likeness (QED) is 0.695. The van der Waals surface area contributed by atoms with Gasteiger partial charge in [0, 0.05) is 13.0 Å². The third kappa shape index (κ3) is 4.62. The summed E-state index contributed by atoms with van der Waals surface area (Å²) >= 11 is 0. The lowest BCUT2D eigenvalue weighted by molar-refractivity contribution is -0.123. The summed E-state index contributed by atoms with van der Waals surface area (Å²) in [5.41, 5.74) is -0.498. The number of hydrogen-bond acceptors (Lipinski definition) is 3. The van der Waals surface area contributed by atoms with Crippen LogP contribution in [0.4, 0.5) is 0 Å². The van der Waals surface area contributed by atoms with Crippen LogP contribution in [0, 0.1) is 0 Å². The Morgan fingerprint density at radius 2 is 2.00 bits per heavy atom. The molecule has 1 heterocycles. The molecule has 1 rings (SSSR count). The van der Waals surface area contributed by atoms with Crippen molar-refractivity contribution >= 4 is 5.91 Å². The fourth-order valence-corrected chi connectivity index (χ4v) is 1.75. The predicted octanol–water partition coefficient (Wildman–Crippen LogP) is 0.359. The highest BCUT2D eigenvalue weighted by molar-refractivity contribution is 5.76. The van der Waals surface area contributed by atoms with Crippen LogP contribution in [0.25, 0.3) is 0 Å². The number of hydrogen-bond donors (Lipinski definition) is 2. The Labute approximate surface area is 91.6 Å². The summed E-state index contributed by atoms with van der Waals surface area (Å²) in [4.78, 5) is 13.8. The summed E-state index contributed by atoms with van der Waals surface area (Å²) in [5, 5.41) is 11.8. The third-order valence-corrected chi connectivity index (χ3v) is 2.73. The van der Waals surface area contributed by atoms with E-state index in [9.17, 15) is 4.79 Å². The van der Waals surface area contributed by atoms with Crippen LogP contribution in [0.2, 0.25) is 0 Å². The zero-order valence-electron chi connectivity index (χ0n) is 9.75. The van der Waals surface area contributed by atoms with Crippen LogP contribution in [-0.2, 0) is 4.79 Å². The molecule has 0 bridgehead atoms. The van der Waals surface area contributed by atoms with E-state index in [0.29, 0.717) is 6.42 Å². The van der Waals surface area contributed by atoms with Gasteiger partial charge in [0.2, 0.25) is 5.91 Å². The highest BCUT2D eigenvalue weighted by atomic mass is 16.3. The van der Waals surface area contributed by atoms with Gasteiger partial charge in [-0.3, -0.25) is 4.79 Å². The van der Waals surface area contributed by atoms with Gasteiger partial charge < -0.3 is 15.3 Å². The largest absolute Gasteiger partial charge is 0.394 e. The molecule has 0 spiro atoms. The summed E-state index contributed by atoms with van der Waals surface area (Å²) in [7, 11) is 0. The zero-order chi connectivity index (χ0) is 11.3. The molecule has 88 valence electrons. The first-order chi connectivity index (χ1) is 7.03. The molecule has 15 heavy (non-hydrogen) atoms. The lowest BCUT2D eigenvalue weighted by Gasteiger charge is -2.24. The summed E-state index contributed by atoms with van der Waals surface area (Å²) in [6.45, 7) is 6.70. The van der Waals surface area contributed by atoms with Crippen molar-refractivity contribution in [3.63, 3.8) is 0 Å². The van der Waals surface area contributed by atoms with Crippen molar-refractivity contribution in [3.8, 4) is 0 Å². The maximum atomic E-state index is 11.5. The third-order valence-electron chi connectivity index (χ3n) is 2.73. The van der Waals surface area contributed by atoms with Crippen molar-refractivity contribution in [2.24, 2.45) is 0 Å². The maximum Gasteiger partial charge on any atom is 0.221 e. The summed E-state index contributed by atoms with van der Waals surface area (Å²) in [6, 6.07) is 0. The molecule has 4 heteroatoms. The van der Waals surface area contributed by atoms with Crippen molar-refractivity contribution < 1.29 is 9.90 Å². The first-order valence-corrected chi connectivity index (χ1v) is 5.68. The van der Waals surface area contributed by atoms with Crippen LogP contribution in [0.5, 0.6) is 0 Å². The highest BCUT2D eigenvalue weighted by Gasteiger charge is 2.19. The first-order valence-electron chi connectivity index (χ1n) is 5.68. The number of carbonyl (C=O) groups excluding carboxylic acids is 1. The number of nitrogens with zero attached hydrogens (tertiary/aromatic N) is 1. The van der Waals surface area contributed by atoms with Gasteiger partial charge in [-0.1, -0.05) is 0 Å². The molecule has 0 atom stereocenters. The van der Waals surface area contributed by atoms with Gasteiger partial charge in [0.05, 0.1) is 12.1 Å². The van der Waals surface area contributed by atoms with Crippen molar-refractivity contribution in [1.82, 2.24) is 10.2 Å². The van der Waals surface area contributed by atoms with E-state index < -0.39 is 5.54 Å². The van der Waals surface area contributed by atoms with E-state index in [1.807, 2.05) is 13.8 Å². The molecule has 1 aliphatic rings. The predicted molar refractivity (Wildman–Crippen MR) is 59.6 cm³/mol. The molecule has 0 aromatic heterocycles. The number of rotatable bonds is 5. The minimum atomic E-state index is -0.498. The molecule has 1 fully saturated rings. The molecule has 0 aromatic carbocycles. The zero-order valence-corrected chi connectivity index (χ0v) is 9.75. The fraction of sp³-hybridized carbons (Fsp3) is 0.909. The average molecular weight is 214 g/mol. The number of carbonyl (C=O) groups is 1. The Hall–Kier alpha value is -0.610. The number of nitrogens with one attached hydrogen (secondary N) is 1. The minimum absolute atomic E-state index is 0.0253. The smallest absolute Gasteiger partial charge is 0.221 e. The van der Waals surface area contributed by atoms with Gasteiger partial charge in [0.15, 0.2) is 0 Å². The molecule has 0 unspecified atom stereocenters. The van der Waals surface area contributed by atoms with Crippen LogP contribution in [0.1, 0.15) is 33.1 Å². The van der Waals surface area contributed by atoms with Gasteiger partial charge in [0.1, 0.15) is 0 Å². The molecule has 0 radical (unpaired) electrons. The lowest BCUT2D eigenvalue weighted by atomic mass is 10.1. The van der Waals surface area contributed by atoms with Gasteiger partial charge in [-0.05, 0) is 39.8 Å². The molecule has 0 aliphatic carbocycles. The Kier molecular flexibility index (Phi) is 4.54. The van der Waals surface area contributed by atoms with E-state index in [1.165, 1.54) is 12.8 Å². The van der Waals surface area contributed by atoms with Crippen molar-refractivity contribution in [2.75, 3.05) is 26.2 Å². The Balaban J connectivity index is 2.18. The van der Waals surface area contributed by atoms with Crippen molar-refractivity contribution in [1.29, 1.82) is 0 Å². The average Bonchev–Trinajstić information content (AvgIpc) is 2.66. The summed E-state index contributed by atoms with van der Waals surface area (Å²) in [5.74, 6) is 0.0287. The van der Waals surface area contributed by atoms with E-state index >= 15 is 0 Å². The SMILES string of the molecule is CC(C)(CO)NC(=O)CCN1CCCC1. The van der Waals surface area contributed by atoms with E-state index in [2.05, 4.69) is 10.2 Å². The molecule has 0 aromatic rings. The van der Waals surface area contributed by atoms with Crippen LogP contribution >= 0.6 is 0 Å². The number of aliphatic hydroxyl groups is 1. The highest BCUT2D eigenvalue weighted by Crippen LogP contribution is 2.08. The van der Waals surface area contributed by atoms with Crippen molar-refractivity contribution in [3.05, 3.63) is 0 Å². The normalized spacial score (nSPS) is 18.1. The van der Waals surface area contributed by atoms with E-state index in [1.54, 1.807) is 0 Å². The summed E-state index contributed by atoms with van der Waals surface area (Å²) in [6.07, 6.45) is 3.04. The van der Waals surface area contributed by atoms with Gasteiger partial charge in [-0.15, -0.1) is 0 Å². The Morgan fingerprint density at radius 1 is 1.40 bits per heavy atom. The molecule has 4 nitrogen and oxygen atoms in total. The monoisotopic (exact) mass is 214 g/mol. The molecule has 0 saturated carbocycles. The topological polar surface area (TPSA) is 52.6 Å². The second-order valence-electron chi connectivity index (χ2n) is 4.89. The molecular formula is C11H22N2O2. The van der Waals surface area contributed by atoms with Gasteiger partial charge in [-0.2, -0.15) is 0 Å². The maximum absolute atomic E-state index is 11.5. The molecule has 2 N–H and O–H groups in total. The lowest BCUT2D eigenvalue weighted by Crippen LogP contribution is -2.46. The standard InChI is InChI=1S/C11H22N2O2/c1-11(2,9-14)12-10(15)5-8-13-6-3-4-7-13/h14H,3-9H2,1-2H3,(H,12,15). The fourth-order valence-electron chi connectivity index (χ4n) is 1.75. The summed E-state index contributed by atoms with van der Waals surface area (Å²) < 4.78 is 0. The second-order valence-corrected chi connectivity index (χ2v) is 4.89.